The van der Waals surface area contributed by atoms with Gasteiger partial charge in [-0.3, -0.25) is 4.79 Å². The molecule has 24 heavy (non-hydrogen) atoms. The van der Waals surface area contributed by atoms with Crippen LogP contribution in [0.2, 0.25) is 0 Å². The fourth-order valence-corrected chi connectivity index (χ4v) is 4.83. The molecule has 0 spiro atoms. The van der Waals surface area contributed by atoms with E-state index in [4.69, 9.17) is 0 Å². The number of halogens is 1. The van der Waals surface area contributed by atoms with Crippen LogP contribution in [-0.4, -0.2) is 62.3 Å². The Morgan fingerprint density at radius 2 is 1.83 bits per heavy atom. The third kappa shape index (κ3) is 4.17. The lowest BCUT2D eigenvalue weighted by Crippen LogP contribution is -2.47. The van der Waals surface area contributed by atoms with Crippen molar-refractivity contribution in [1.82, 2.24) is 14.5 Å². The van der Waals surface area contributed by atoms with Gasteiger partial charge in [0.1, 0.15) is 0 Å². The molecule has 1 saturated carbocycles. The number of piperazine rings is 1. The smallest absolute Gasteiger partial charge is 0.243 e. The highest BCUT2D eigenvalue weighted by atomic mass is 79.9. The van der Waals surface area contributed by atoms with Gasteiger partial charge in [-0.15, -0.1) is 0 Å². The number of benzene rings is 1. The molecule has 1 aliphatic carbocycles. The number of sulfonamides is 1. The second-order valence-electron chi connectivity index (χ2n) is 6.18. The summed E-state index contributed by atoms with van der Waals surface area (Å²) in [6.07, 6.45) is 1.99. The predicted octanol–water partition coefficient (Wildman–Crippen LogP) is 1.42. The maximum absolute atomic E-state index is 12.9. The van der Waals surface area contributed by atoms with Gasteiger partial charge in [-0.1, -0.05) is 15.9 Å². The van der Waals surface area contributed by atoms with E-state index in [1.165, 1.54) is 4.31 Å². The van der Waals surface area contributed by atoms with Crippen molar-refractivity contribution in [2.45, 2.75) is 30.2 Å². The Labute approximate surface area is 151 Å². The fourth-order valence-electron chi connectivity index (χ4n) is 2.88. The lowest BCUT2D eigenvalue weighted by atomic mass is 10.3. The third-order valence-corrected chi connectivity index (χ3v) is 6.88. The van der Waals surface area contributed by atoms with E-state index in [1.807, 2.05) is 4.90 Å². The molecule has 6 nitrogen and oxygen atoms in total. The lowest BCUT2D eigenvalue weighted by Gasteiger charge is -2.28. The molecule has 0 aromatic heterocycles. The summed E-state index contributed by atoms with van der Waals surface area (Å²) in [7, 11) is -3.55. The first-order chi connectivity index (χ1) is 11.5. The summed E-state index contributed by atoms with van der Waals surface area (Å²) in [5, 5.41) is 3.21. The highest BCUT2D eigenvalue weighted by Crippen LogP contribution is 2.32. The van der Waals surface area contributed by atoms with Crippen molar-refractivity contribution < 1.29 is 13.2 Å². The first-order valence-corrected chi connectivity index (χ1v) is 10.5. The van der Waals surface area contributed by atoms with E-state index >= 15 is 0 Å². The van der Waals surface area contributed by atoms with Crippen molar-refractivity contribution >= 4 is 31.9 Å². The van der Waals surface area contributed by atoms with E-state index in [0.29, 0.717) is 13.1 Å². The Balaban J connectivity index is 1.68. The van der Waals surface area contributed by atoms with Crippen molar-refractivity contribution in [3.63, 3.8) is 0 Å². The number of carbonyl (C=O) groups is 1. The molecular formula is C16H22BrN3O3S. The van der Waals surface area contributed by atoms with Gasteiger partial charge in [-0.2, -0.15) is 4.31 Å². The average Bonchev–Trinajstić information content (AvgIpc) is 3.41. The number of hydrogen-bond acceptors (Lipinski definition) is 4. The molecule has 1 aromatic carbocycles. The van der Waals surface area contributed by atoms with Crippen LogP contribution in [0.5, 0.6) is 0 Å². The van der Waals surface area contributed by atoms with Crippen molar-refractivity contribution in [3.05, 3.63) is 28.7 Å². The molecule has 132 valence electrons. The summed E-state index contributed by atoms with van der Waals surface area (Å²) in [5.74, 6) is 0.0353. The number of amides is 1. The minimum atomic E-state index is -3.55. The van der Waals surface area contributed by atoms with Gasteiger partial charge in [0.05, 0.1) is 4.90 Å². The van der Waals surface area contributed by atoms with Crippen molar-refractivity contribution in [2.24, 2.45) is 0 Å². The van der Waals surface area contributed by atoms with Crippen LogP contribution >= 0.6 is 15.9 Å². The molecule has 0 radical (unpaired) electrons. The zero-order chi connectivity index (χ0) is 17.2. The van der Waals surface area contributed by atoms with Gasteiger partial charge in [-0.25, -0.2) is 8.42 Å². The normalized spacial score (nSPS) is 18.8. The van der Waals surface area contributed by atoms with Gasteiger partial charge in [0, 0.05) is 49.7 Å². The Bertz CT molecular complexity index is 683. The SMILES string of the molecule is O=C(CCN(C1CC1)S(=O)(=O)c1ccc(Br)cc1)N1CCNCC1. The molecule has 1 aromatic rings. The summed E-state index contributed by atoms with van der Waals surface area (Å²) >= 11 is 3.32. The monoisotopic (exact) mass is 415 g/mol. The first kappa shape index (κ1) is 17.8. The van der Waals surface area contributed by atoms with Crippen LogP contribution in [-0.2, 0) is 14.8 Å². The van der Waals surface area contributed by atoms with Crippen LogP contribution in [0.4, 0.5) is 0 Å². The number of carbonyl (C=O) groups excluding carboxylic acids is 1. The summed E-state index contributed by atoms with van der Waals surface area (Å²) < 4.78 is 28.1. The van der Waals surface area contributed by atoms with Crippen molar-refractivity contribution in [2.75, 3.05) is 32.7 Å². The Hall–Kier alpha value is -0.960. The molecule has 1 heterocycles. The molecule has 8 heteroatoms. The Morgan fingerprint density at radius 1 is 1.21 bits per heavy atom. The summed E-state index contributed by atoms with van der Waals surface area (Å²) in [6.45, 7) is 3.25. The maximum Gasteiger partial charge on any atom is 0.243 e. The topological polar surface area (TPSA) is 69.7 Å². The second kappa shape index (κ2) is 7.51. The molecule has 1 saturated heterocycles. The molecule has 0 unspecified atom stereocenters. The third-order valence-electron chi connectivity index (χ3n) is 4.39. The first-order valence-electron chi connectivity index (χ1n) is 8.24. The van der Waals surface area contributed by atoms with Crippen LogP contribution in [0.1, 0.15) is 19.3 Å². The summed E-state index contributed by atoms with van der Waals surface area (Å²) in [5.41, 5.74) is 0. The van der Waals surface area contributed by atoms with E-state index in [9.17, 15) is 13.2 Å². The molecule has 1 aliphatic heterocycles. The van der Waals surface area contributed by atoms with Gasteiger partial charge in [0.25, 0.3) is 0 Å². The van der Waals surface area contributed by atoms with E-state index < -0.39 is 10.0 Å². The quantitative estimate of drug-likeness (QED) is 0.762. The zero-order valence-corrected chi connectivity index (χ0v) is 15.9. The standard InChI is InChI=1S/C16H22BrN3O3S/c17-13-1-5-15(6-2-13)24(22,23)20(14-3-4-14)10-7-16(21)19-11-8-18-9-12-19/h1-2,5-6,14,18H,3-4,7-12H2. The summed E-state index contributed by atoms with van der Waals surface area (Å²) in [4.78, 5) is 14.4. The minimum Gasteiger partial charge on any atom is -0.340 e. The highest BCUT2D eigenvalue weighted by Gasteiger charge is 2.38. The van der Waals surface area contributed by atoms with Crippen LogP contribution in [0.15, 0.2) is 33.6 Å². The van der Waals surface area contributed by atoms with Crippen LogP contribution < -0.4 is 5.32 Å². The number of rotatable bonds is 6. The molecule has 2 fully saturated rings. The zero-order valence-electron chi connectivity index (χ0n) is 13.4. The number of hydrogen-bond donors (Lipinski definition) is 1. The largest absolute Gasteiger partial charge is 0.340 e. The van der Waals surface area contributed by atoms with E-state index in [0.717, 1.165) is 30.4 Å². The Kier molecular flexibility index (Phi) is 5.59. The van der Waals surface area contributed by atoms with Gasteiger partial charge in [0.2, 0.25) is 15.9 Å². The second-order valence-corrected chi connectivity index (χ2v) is 8.99. The van der Waals surface area contributed by atoms with Gasteiger partial charge in [0.15, 0.2) is 0 Å². The Morgan fingerprint density at radius 3 is 2.42 bits per heavy atom. The maximum atomic E-state index is 12.9. The predicted molar refractivity (Wildman–Crippen MR) is 95.1 cm³/mol. The lowest BCUT2D eigenvalue weighted by molar-refractivity contribution is -0.131. The molecule has 0 bridgehead atoms. The van der Waals surface area contributed by atoms with Gasteiger partial charge >= 0.3 is 0 Å². The minimum absolute atomic E-state index is 0.0353. The fraction of sp³-hybridized carbons (Fsp3) is 0.562. The summed E-state index contributed by atoms with van der Waals surface area (Å²) in [6, 6.07) is 6.70. The highest BCUT2D eigenvalue weighted by molar-refractivity contribution is 9.10. The molecule has 1 N–H and O–H groups in total. The van der Waals surface area contributed by atoms with Crippen LogP contribution in [0.3, 0.4) is 0 Å². The van der Waals surface area contributed by atoms with E-state index in [1.54, 1.807) is 24.3 Å². The van der Waals surface area contributed by atoms with E-state index in [-0.39, 0.29) is 29.8 Å². The van der Waals surface area contributed by atoms with Gasteiger partial charge < -0.3 is 10.2 Å². The average molecular weight is 416 g/mol. The number of nitrogens with one attached hydrogen (secondary N) is 1. The van der Waals surface area contributed by atoms with Crippen LogP contribution in [0, 0.1) is 0 Å². The molecule has 1 amide bonds. The molecular weight excluding hydrogens is 394 g/mol. The van der Waals surface area contributed by atoms with Crippen molar-refractivity contribution in [3.8, 4) is 0 Å². The molecule has 3 rings (SSSR count). The number of nitrogens with zero attached hydrogens (tertiary/aromatic N) is 2. The van der Waals surface area contributed by atoms with Gasteiger partial charge in [-0.05, 0) is 37.1 Å². The van der Waals surface area contributed by atoms with Crippen LogP contribution in [0.25, 0.3) is 0 Å². The molecule has 0 atom stereocenters. The van der Waals surface area contributed by atoms with E-state index in [2.05, 4.69) is 21.2 Å². The van der Waals surface area contributed by atoms with Crippen molar-refractivity contribution in [1.29, 1.82) is 0 Å². The molecule has 2 aliphatic rings.